The lowest BCUT2D eigenvalue weighted by Gasteiger charge is -2.30. The molecule has 26 heavy (non-hydrogen) atoms. The lowest BCUT2D eigenvalue weighted by molar-refractivity contribution is 0.111. The first-order valence-corrected chi connectivity index (χ1v) is 10.3. The van der Waals surface area contributed by atoms with Gasteiger partial charge < -0.3 is 15.7 Å². The van der Waals surface area contributed by atoms with Gasteiger partial charge in [0.15, 0.2) is 5.96 Å². The molecular weight excluding hydrogens is 324 g/mol. The zero-order chi connectivity index (χ0) is 18.2. The number of rotatable bonds is 6. The van der Waals surface area contributed by atoms with Gasteiger partial charge >= 0.3 is 0 Å². The minimum Gasteiger partial charge on any atom is -0.390 e. The normalized spacial score (nSPS) is 20.5. The van der Waals surface area contributed by atoms with Crippen LogP contribution in [-0.4, -0.2) is 54.3 Å². The SMILES string of the molecule is CCNC(=NCC(O)CN1CCc2ccccc2C1)NC1CCCCC1. The zero-order valence-electron chi connectivity index (χ0n) is 16.1. The molecule has 1 aliphatic carbocycles. The Balaban J connectivity index is 1.48. The van der Waals surface area contributed by atoms with E-state index in [1.807, 2.05) is 0 Å². The summed E-state index contributed by atoms with van der Waals surface area (Å²) < 4.78 is 0. The van der Waals surface area contributed by atoms with Gasteiger partial charge in [-0.2, -0.15) is 0 Å². The number of nitrogens with one attached hydrogen (secondary N) is 2. The average molecular weight is 359 g/mol. The fourth-order valence-corrected chi connectivity index (χ4v) is 4.02. The monoisotopic (exact) mass is 358 g/mol. The van der Waals surface area contributed by atoms with Gasteiger partial charge in [0.2, 0.25) is 0 Å². The van der Waals surface area contributed by atoms with E-state index in [9.17, 15) is 5.11 Å². The maximum absolute atomic E-state index is 10.5. The average Bonchev–Trinajstić information content (AvgIpc) is 2.67. The van der Waals surface area contributed by atoms with E-state index < -0.39 is 6.10 Å². The predicted octanol–water partition coefficient (Wildman–Crippen LogP) is 2.29. The Kier molecular flexibility index (Phi) is 7.32. The van der Waals surface area contributed by atoms with Crippen LogP contribution in [0, 0.1) is 0 Å². The van der Waals surface area contributed by atoms with E-state index in [4.69, 9.17) is 0 Å². The van der Waals surface area contributed by atoms with Crippen molar-refractivity contribution in [3.05, 3.63) is 35.4 Å². The highest BCUT2D eigenvalue weighted by Crippen LogP contribution is 2.19. The summed E-state index contributed by atoms with van der Waals surface area (Å²) in [5, 5.41) is 17.3. The molecule has 5 heteroatoms. The van der Waals surface area contributed by atoms with Crippen molar-refractivity contribution in [3.63, 3.8) is 0 Å². The molecule has 144 valence electrons. The highest BCUT2D eigenvalue weighted by molar-refractivity contribution is 5.80. The summed E-state index contributed by atoms with van der Waals surface area (Å²) in [4.78, 5) is 6.97. The molecule has 1 aliphatic heterocycles. The van der Waals surface area contributed by atoms with Crippen molar-refractivity contribution in [2.75, 3.05) is 26.2 Å². The third-order valence-corrected chi connectivity index (χ3v) is 5.43. The number of aliphatic hydroxyl groups excluding tert-OH is 1. The number of nitrogens with zero attached hydrogens (tertiary/aromatic N) is 2. The summed E-state index contributed by atoms with van der Waals surface area (Å²) in [5.74, 6) is 0.849. The van der Waals surface area contributed by atoms with Crippen molar-refractivity contribution in [2.45, 2.75) is 64.1 Å². The zero-order valence-corrected chi connectivity index (χ0v) is 16.1. The lowest BCUT2D eigenvalue weighted by Crippen LogP contribution is -2.45. The summed E-state index contributed by atoms with van der Waals surface area (Å²) in [7, 11) is 0. The number of aliphatic hydroxyl groups is 1. The Morgan fingerprint density at radius 1 is 1.23 bits per heavy atom. The molecule has 1 atom stereocenters. The first kappa shape index (κ1) is 19.2. The van der Waals surface area contributed by atoms with Gasteiger partial charge in [-0.05, 0) is 37.3 Å². The molecular formula is C21H34N4O. The highest BCUT2D eigenvalue weighted by atomic mass is 16.3. The number of hydrogen-bond acceptors (Lipinski definition) is 3. The second-order valence-electron chi connectivity index (χ2n) is 7.61. The van der Waals surface area contributed by atoms with Crippen LogP contribution in [0.4, 0.5) is 0 Å². The molecule has 1 saturated carbocycles. The molecule has 0 saturated heterocycles. The molecule has 0 radical (unpaired) electrons. The fourth-order valence-electron chi connectivity index (χ4n) is 4.02. The van der Waals surface area contributed by atoms with Gasteiger partial charge in [0.25, 0.3) is 0 Å². The number of benzene rings is 1. The Labute approximate surface area is 157 Å². The van der Waals surface area contributed by atoms with Crippen LogP contribution in [0.2, 0.25) is 0 Å². The number of guanidine groups is 1. The molecule has 0 aromatic heterocycles. The van der Waals surface area contributed by atoms with Crippen LogP contribution < -0.4 is 10.6 Å². The highest BCUT2D eigenvalue weighted by Gasteiger charge is 2.19. The van der Waals surface area contributed by atoms with E-state index in [2.05, 4.69) is 51.7 Å². The van der Waals surface area contributed by atoms with Crippen LogP contribution in [0.1, 0.15) is 50.2 Å². The minimum atomic E-state index is -0.429. The Bertz CT molecular complexity index is 583. The number of aliphatic imine (C=N–C) groups is 1. The molecule has 1 aromatic carbocycles. The first-order chi connectivity index (χ1) is 12.7. The van der Waals surface area contributed by atoms with Gasteiger partial charge in [-0.3, -0.25) is 9.89 Å². The van der Waals surface area contributed by atoms with Crippen molar-refractivity contribution in [2.24, 2.45) is 4.99 Å². The van der Waals surface area contributed by atoms with E-state index in [0.717, 1.165) is 32.0 Å². The van der Waals surface area contributed by atoms with Gasteiger partial charge in [0.05, 0.1) is 12.6 Å². The van der Waals surface area contributed by atoms with Crippen LogP contribution >= 0.6 is 0 Å². The second kappa shape index (κ2) is 9.93. The van der Waals surface area contributed by atoms with E-state index in [1.165, 1.54) is 43.2 Å². The van der Waals surface area contributed by atoms with Gasteiger partial charge in [0.1, 0.15) is 0 Å². The van der Waals surface area contributed by atoms with Gasteiger partial charge in [0, 0.05) is 32.2 Å². The maximum Gasteiger partial charge on any atom is 0.191 e. The van der Waals surface area contributed by atoms with Crippen LogP contribution in [-0.2, 0) is 13.0 Å². The van der Waals surface area contributed by atoms with Crippen molar-refractivity contribution in [3.8, 4) is 0 Å². The maximum atomic E-state index is 10.5. The van der Waals surface area contributed by atoms with E-state index in [1.54, 1.807) is 0 Å². The smallest absolute Gasteiger partial charge is 0.191 e. The molecule has 0 spiro atoms. The summed E-state index contributed by atoms with van der Waals surface area (Å²) in [5.41, 5.74) is 2.84. The standard InChI is InChI=1S/C21H34N4O/c1-2-22-21(24-19-10-4-3-5-11-19)23-14-20(26)16-25-13-12-17-8-6-7-9-18(17)15-25/h6-9,19-20,26H,2-5,10-16H2,1H3,(H2,22,23,24). The molecule has 3 rings (SSSR count). The number of fused-ring (bicyclic) bond motifs is 1. The van der Waals surface area contributed by atoms with Gasteiger partial charge in [-0.25, -0.2) is 0 Å². The van der Waals surface area contributed by atoms with Gasteiger partial charge in [-0.1, -0.05) is 43.5 Å². The molecule has 1 aromatic rings. The molecule has 0 bridgehead atoms. The molecule has 1 fully saturated rings. The summed E-state index contributed by atoms with van der Waals surface area (Å²) in [6.07, 6.45) is 7.04. The third-order valence-electron chi connectivity index (χ3n) is 5.43. The number of β-amino-alcohol motifs (C(OH)–C–C–N with tert-alkyl or cyclic N) is 1. The summed E-state index contributed by atoms with van der Waals surface area (Å²) in [6, 6.07) is 9.15. The third kappa shape index (κ3) is 5.71. The lowest BCUT2D eigenvalue weighted by atomic mass is 9.96. The number of hydrogen-bond donors (Lipinski definition) is 3. The molecule has 3 N–H and O–H groups in total. The van der Waals surface area contributed by atoms with Crippen molar-refractivity contribution >= 4 is 5.96 Å². The Morgan fingerprint density at radius 2 is 2.00 bits per heavy atom. The van der Waals surface area contributed by atoms with E-state index in [-0.39, 0.29) is 0 Å². The van der Waals surface area contributed by atoms with Crippen LogP contribution in [0.3, 0.4) is 0 Å². The molecule has 1 heterocycles. The Hall–Kier alpha value is -1.59. The minimum absolute atomic E-state index is 0.429. The first-order valence-electron chi connectivity index (χ1n) is 10.3. The fraction of sp³-hybridized carbons (Fsp3) is 0.667. The molecule has 1 unspecified atom stereocenters. The predicted molar refractivity (Wildman–Crippen MR) is 107 cm³/mol. The van der Waals surface area contributed by atoms with E-state index >= 15 is 0 Å². The topological polar surface area (TPSA) is 59.9 Å². The molecule has 5 nitrogen and oxygen atoms in total. The summed E-state index contributed by atoms with van der Waals surface area (Å²) >= 11 is 0. The summed E-state index contributed by atoms with van der Waals surface area (Å²) in [6.45, 7) is 5.99. The molecule has 0 amide bonds. The van der Waals surface area contributed by atoms with E-state index in [0.29, 0.717) is 19.1 Å². The van der Waals surface area contributed by atoms with Crippen molar-refractivity contribution in [1.82, 2.24) is 15.5 Å². The van der Waals surface area contributed by atoms with Crippen LogP contribution in [0.25, 0.3) is 0 Å². The largest absolute Gasteiger partial charge is 0.390 e. The second-order valence-corrected chi connectivity index (χ2v) is 7.61. The Morgan fingerprint density at radius 3 is 2.77 bits per heavy atom. The van der Waals surface area contributed by atoms with Crippen molar-refractivity contribution in [1.29, 1.82) is 0 Å². The quantitative estimate of drug-likeness (QED) is 0.539. The van der Waals surface area contributed by atoms with Crippen molar-refractivity contribution < 1.29 is 5.11 Å². The van der Waals surface area contributed by atoms with Crippen LogP contribution in [0.15, 0.2) is 29.3 Å². The molecule has 2 aliphatic rings. The van der Waals surface area contributed by atoms with Gasteiger partial charge in [-0.15, -0.1) is 0 Å². The van der Waals surface area contributed by atoms with Crippen LogP contribution in [0.5, 0.6) is 0 Å².